The van der Waals surface area contributed by atoms with Gasteiger partial charge in [-0.05, 0) is 93.2 Å². The molecule has 0 aliphatic carbocycles. The van der Waals surface area contributed by atoms with Crippen molar-refractivity contribution in [2.75, 3.05) is 49.6 Å². The van der Waals surface area contributed by atoms with E-state index in [0.29, 0.717) is 67.7 Å². The van der Waals surface area contributed by atoms with Gasteiger partial charge in [0.25, 0.3) is 11.8 Å². The van der Waals surface area contributed by atoms with E-state index in [1.54, 1.807) is 0 Å². The number of hydrogen-bond acceptors (Lipinski definition) is 15. The number of pyridine rings is 1. The van der Waals surface area contributed by atoms with Gasteiger partial charge in [0.15, 0.2) is 5.82 Å². The summed E-state index contributed by atoms with van der Waals surface area (Å²) in [5, 5.41) is 23.2. The van der Waals surface area contributed by atoms with E-state index in [1.807, 2.05) is 0 Å². The fraction of sp³-hybridized carbons (Fsp3) is 0.421. The lowest BCUT2D eigenvalue weighted by molar-refractivity contribution is -0.136. The monoisotopic (exact) mass is 1060 g/mol. The van der Waals surface area contributed by atoms with Crippen LogP contribution in [-0.4, -0.2) is 135 Å². The lowest BCUT2D eigenvalue weighted by atomic mass is 9.94. The summed E-state index contributed by atoms with van der Waals surface area (Å²) >= 11 is 0. The van der Waals surface area contributed by atoms with Gasteiger partial charge in [0.05, 0.1) is 27.6 Å². The van der Waals surface area contributed by atoms with E-state index in [-0.39, 0.29) is 107 Å². The van der Waals surface area contributed by atoms with Crippen LogP contribution in [0, 0.1) is 24.0 Å². The molecule has 11 rings (SSSR count). The van der Waals surface area contributed by atoms with Crippen molar-refractivity contribution in [2.45, 2.75) is 113 Å². The molecule has 19 nitrogen and oxygen atoms in total. The third-order valence-corrected chi connectivity index (χ3v) is 16.0. The van der Waals surface area contributed by atoms with Gasteiger partial charge in [0.1, 0.15) is 47.9 Å². The normalized spacial score (nSPS) is 22.7. The number of alkyl carbamates (subject to hydrolysis) is 1. The van der Waals surface area contributed by atoms with Crippen LogP contribution in [0.2, 0.25) is 0 Å². The minimum atomic E-state index is -1.08. The molecule has 0 spiro atoms. The Morgan fingerprint density at radius 3 is 2.51 bits per heavy atom. The highest BCUT2D eigenvalue weighted by Crippen LogP contribution is 2.45. The molecule has 5 N–H and O–H groups in total. The minimum absolute atomic E-state index is 0.0177. The summed E-state index contributed by atoms with van der Waals surface area (Å²) < 4.78 is 44.6. The van der Waals surface area contributed by atoms with E-state index in [9.17, 15) is 33.9 Å². The molecule has 2 bridgehead atoms. The third-order valence-electron chi connectivity index (χ3n) is 16.0. The van der Waals surface area contributed by atoms with Gasteiger partial charge >= 0.3 is 12.1 Å². The molecule has 0 radical (unpaired) electrons. The highest BCUT2D eigenvalue weighted by molar-refractivity contribution is 6.24. The Labute approximate surface area is 447 Å². The van der Waals surface area contributed by atoms with Crippen LogP contribution in [0.5, 0.6) is 11.8 Å². The number of halogens is 2. The average molecular weight is 1070 g/mol. The van der Waals surface area contributed by atoms with Gasteiger partial charge in [0, 0.05) is 80.0 Å². The second kappa shape index (κ2) is 21.4. The fourth-order valence-electron chi connectivity index (χ4n) is 12.3. The number of aromatic nitrogens is 3. The maximum absolute atomic E-state index is 17.2. The zero-order valence-electron chi connectivity index (χ0n) is 42.8. The van der Waals surface area contributed by atoms with Crippen LogP contribution in [-0.2, 0) is 19.1 Å². The molecule has 21 heteroatoms. The number of piperazine rings is 1. The first-order valence-corrected chi connectivity index (χ1v) is 26.6. The van der Waals surface area contributed by atoms with E-state index >= 15 is 8.78 Å². The predicted molar refractivity (Wildman–Crippen MR) is 282 cm³/mol. The molecular weight excluding hydrogens is 1010 g/mol. The third kappa shape index (κ3) is 10.1. The summed E-state index contributed by atoms with van der Waals surface area (Å²) in [4.78, 5) is 95.2. The number of rotatable bonds is 17. The summed E-state index contributed by atoms with van der Waals surface area (Å²) in [6, 6.07) is 9.10. The minimum Gasteiger partial charge on any atom is -0.508 e. The van der Waals surface area contributed by atoms with E-state index in [2.05, 4.69) is 53.5 Å². The van der Waals surface area contributed by atoms with Gasteiger partial charge in [-0.25, -0.2) is 13.6 Å². The number of imide groups is 2. The number of anilines is 2. The Morgan fingerprint density at radius 1 is 0.936 bits per heavy atom. The van der Waals surface area contributed by atoms with Crippen molar-refractivity contribution in [3.05, 3.63) is 89.1 Å². The molecule has 3 aromatic carbocycles. The van der Waals surface area contributed by atoms with Crippen LogP contribution in [0.4, 0.5) is 25.1 Å². The van der Waals surface area contributed by atoms with Crippen LogP contribution < -0.4 is 30.9 Å². The molecule has 78 heavy (non-hydrogen) atoms. The number of hydrogen-bond donors (Lipinski definition) is 5. The van der Waals surface area contributed by atoms with Crippen LogP contribution in [0.25, 0.3) is 32.9 Å². The Hall–Kier alpha value is -8.09. The van der Waals surface area contributed by atoms with Crippen molar-refractivity contribution in [2.24, 2.45) is 0 Å². The molecule has 6 aliphatic heterocycles. The van der Waals surface area contributed by atoms with Crippen LogP contribution in [0.15, 0.2) is 60.8 Å². The lowest BCUT2D eigenvalue weighted by Gasteiger charge is -2.35. The maximum Gasteiger partial charge on any atom is 0.407 e. The molecule has 5 atom stereocenters. The fourth-order valence-corrected chi connectivity index (χ4v) is 12.3. The molecule has 5 fully saturated rings. The number of aromatic hydroxyl groups is 1. The second-order valence-electron chi connectivity index (χ2n) is 21.3. The Bertz CT molecular complexity index is 3370. The van der Waals surface area contributed by atoms with Gasteiger partial charge in [-0.3, -0.25) is 44.1 Å². The smallest absolute Gasteiger partial charge is 0.407 e. The summed E-state index contributed by atoms with van der Waals surface area (Å²) in [6.45, 7) is 6.89. The van der Waals surface area contributed by atoms with E-state index in [0.717, 1.165) is 55.4 Å². The number of fused-ring (bicyclic) bond motifs is 6. The van der Waals surface area contributed by atoms with Crippen LogP contribution >= 0.6 is 0 Å². The number of carbonyl (C=O) groups excluding carboxylic acids is 6. The molecule has 6 amide bonds. The number of nitrogens with zero attached hydrogens (tertiary/aromatic N) is 6. The van der Waals surface area contributed by atoms with Crippen molar-refractivity contribution in [3.63, 3.8) is 0 Å². The van der Waals surface area contributed by atoms with Crippen molar-refractivity contribution < 1.29 is 52.1 Å². The summed E-state index contributed by atoms with van der Waals surface area (Å²) in [6.07, 6.45) is 14.9. The molecule has 6 aliphatic rings. The zero-order valence-corrected chi connectivity index (χ0v) is 42.8. The zero-order chi connectivity index (χ0) is 54.4. The van der Waals surface area contributed by atoms with Crippen molar-refractivity contribution >= 4 is 68.8 Å². The molecule has 1 unspecified atom stereocenters. The number of phenols is 1. The quantitative estimate of drug-likeness (QED) is 0.0293. The Kier molecular flexibility index (Phi) is 14.3. The molecule has 404 valence electrons. The molecule has 8 heterocycles. The molecule has 5 aromatic rings. The van der Waals surface area contributed by atoms with Crippen LogP contribution in [0.3, 0.4) is 0 Å². The first-order chi connectivity index (χ1) is 37.7. The number of benzene rings is 3. The van der Waals surface area contributed by atoms with Gasteiger partial charge in [-0.15, -0.1) is 6.42 Å². The first-order valence-electron chi connectivity index (χ1n) is 26.6. The molecule has 5 saturated heterocycles. The van der Waals surface area contributed by atoms with E-state index < -0.39 is 52.9 Å². The number of unbranched alkanes of at least 4 members (excludes halogenated alkanes) is 4. The summed E-state index contributed by atoms with van der Waals surface area (Å²) in [7, 11) is 0. The van der Waals surface area contributed by atoms with Crippen molar-refractivity contribution in [1.82, 2.24) is 40.7 Å². The highest BCUT2D eigenvalue weighted by atomic mass is 19.1. The predicted octanol–water partition coefficient (Wildman–Crippen LogP) is 6.40. The number of terminal acetylenes is 1. The average Bonchev–Trinajstić information content (AvgIpc) is 4.29. The highest BCUT2D eigenvalue weighted by Gasteiger charge is 2.52. The maximum atomic E-state index is 17.2. The largest absolute Gasteiger partial charge is 0.508 e. The van der Waals surface area contributed by atoms with Crippen molar-refractivity contribution in [3.8, 4) is 35.4 Å². The lowest BCUT2D eigenvalue weighted by Crippen LogP contribution is -2.54. The number of nitrogens with one attached hydrogen (secondary N) is 4. The first kappa shape index (κ1) is 52.0. The standard InChI is InChI=1S/C57H58F2N10O9/c1-3-38-43(58)15-10-32-21-37(70)23-41(47(32)38)49-48(59)50-42(25-61-49)51(67-27-34-11-12-35(28-67)62-34)66-55(65-50)78-30-57-19-18-36(68(57)26-31(2)24-57)29-77-56(76)60-20-8-6-4-5-7-9-45(71)63-33-13-14-39-40(22-33)54(75)69(53(39)74)44-16-17-46(72)64-52(44)73/h1,10,13-15,21-23,25,34-36,44,62,70H,2,4-9,11-12,16-20,24,26-30H2,(H,60,76)(H,63,71)(H,64,72,73)/t34-,35+,36-,44?,57-/m0/s1. The van der Waals surface area contributed by atoms with Gasteiger partial charge < -0.3 is 35.4 Å². The molecular formula is C57H58F2N10O9. The second-order valence-corrected chi connectivity index (χ2v) is 21.3. The Balaban J connectivity index is 0.664. The summed E-state index contributed by atoms with van der Waals surface area (Å²) in [5.74, 6) is -1.44. The van der Waals surface area contributed by atoms with Crippen LogP contribution in [0.1, 0.15) is 110 Å². The molecule has 2 aromatic heterocycles. The number of phenolic OH excluding ortho intramolecular Hbond substituents is 1. The number of carbonyl (C=O) groups is 6. The number of piperidine rings is 1. The van der Waals surface area contributed by atoms with E-state index in [4.69, 9.17) is 20.9 Å². The van der Waals surface area contributed by atoms with Gasteiger partial charge in [0.2, 0.25) is 17.7 Å². The van der Waals surface area contributed by atoms with Gasteiger partial charge in [-0.2, -0.15) is 9.97 Å². The topological polar surface area (TPSA) is 238 Å². The van der Waals surface area contributed by atoms with Gasteiger partial charge in [-0.1, -0.05) is 43.4 Å². The van der Waals surface area contributed by atoms with Crippen molar-refractivity contribution in [1.29, 1.82) is 0 Å². The SMILES string of the molecule is C#Cc1c(F)ccc2cc(O)cc(-c3ncc4c(N5C[C@H]6CC[C@@H](C5)N6)nc(OC[C@@]56CC[C@@H](COC(=O)NCCCCCCCC(=O)Nc7ccc8c(c7)C(=O)N(C7CCC(=O)NC7=O)C8=O)N5CC(=C)C6)nc4c3F)c12. The Morgan fingerprint density at radius 2 is 1.72 bits per heavy atom. The molecule has 0 saturated carbocycles. The number of ether oxygens (including phenoxy) is 2. The number of amides is 6. The van der Waals surface area contributed by atoms with E-state index in [1.165, 1.54) is 48.7 Å². The summed E-state index contributed by atoms with van der Waals surface area (Å²) in [5.41, 5.74) is 0.887.